The minimum Gasteiger partial charge on any atom is -0.309 e. The molecule has 0 aromatic rings. The van der Waals surface area contributed by atoms with E-state index in [0.29, 0.717) is 5.41 Å². The van der Waals surface area contributed by atoms with Crippen molar-refractivity contribution in [1.29, 1.82) is 0 Å². The normalized spacial score (nSPS) is 24.9. The van der Waals surface area contributed by atoms with Crippen molar-refractivity contribution in [3.05, 3.63) is 0 Å². The van der Waals surface area contributed by atoms with Crippen LogP contribution in [0.25, 0.3) is 0 Å². The fraction of sp³-hybridized carbons (Fsp3) is 1.00. The van der Waals surface area contributed by atoms with Crippen LogP contribution in [-0.4, -0.2) is 50.1 Å². The van der Waals surface area contributed by atoms with Crippen molar-refractivity contribution in [3.63, 3.8) is 0 Å². The lowest BCUT2D eigenvalue weighted by Gasteiger charge is -2.48. The predicted molar refractivity (Wildman–Crippen MR) is 92.7 cm³/mol. The molecule has 1 heterocycles. The van der Waals surface area contributed by atoms with E-state index >= 15 is 0 Å². The molecule has 1 aliphatic heterocycles. The molecule has 2 aliphatic rings. The molecule has 1 spiro atoms. The van der Waals surface area contributed by atoms with Gasteiger partial charge in [0.2, 0.25) is 0 Å². The summed E-state index contributed by atoms with van der Waals surface area (Å²) in [6.45, 7) is 12.5. The lowest BCUT2D eigenvalue weighted by atomic mass is 9.61. The molecule has 0 bridgehead atoms. The van der Waals surface area contributed by atoms with Gasteiger partial charge in [-0.05, 0) is 102 Å². The Balaban J connectivity index is 1.72. The lowest BCUT2D eigenvalue weighted by Crippen LogP contribution is -2.43. The second-order valence-corrected chi connectivity index (χ2v) is 9.14. The van der Waals surface area contributed by atoms with Crippen molar-refractivity contribution in [2.45, 2.75) is 65.7 Å². The first-order valence-electron chi connectivity index (χ1n) is 9.18. The third-order valence-corrected chi connectivity index (χ3v) is 6.27. The van der Waals surface area contributed by atoms with Crippen LogP contribution in [0.3, 0.4) is 0 Å². The van der Waals surface area contributed by atoms with Crippen LogP contribution in [0.15, 0.2) is 0 Å². The van der Waals surface area contributed by atoms with Gasteiger partial charge in [-0.1, -0.05) is 20.8 Å². The zero-order valence-corrected chi connectivity index (χ0v) is 15.2. The summed E-state index contributed by atoms with van der Waals surface area (Å²) in [5.41, 5.74) is 1.24. The largest absolute Gasteiger partial charge is 0.309 e. The maximum atomic E-state index is 2.71. The molecule has 0 amide bonds. The second kappa shape index (κ2) is 7.00. The maximum Gasteiger partial charge on any atom is -0.000654 e. The van der Waals surface area contributed by atoms with Gasteiger partial charge in [0.1, 0.15) is 0 Å². The van der Waals surface area contributed by atoms with Crippen molar-refractivity contribution in [1.82, 2.24) is 9.80 Å². The zero-order valence-electron chi connectivity index (χ0n) is 15.2. The Morgan fingerprint density at radius 2 is 1.57 bits per heavy atom. The lowest BCUT2D eigenvalue weighted by molar-refractivity contribution is 0.0280. The van der Waals surface area contributed by atoms with Gasteiger partial charge >= 0.3 is 0 Å². The van der Waals surface area contributed by atoms with Crippen molar-refractivity contribution < 1.29 is 0 Å². The molecule has 2 fully saturated rings. The van der Waals surface area contributed by atoms with E-state index in [1.165, 1.54) is 71.1 Å². The molecule has 1 saturated carbocycles. The van der Waals surface area contributed by atoms with Crippen molar-refractivity contribution in [2.24, 2.45) is 16.7 Å². The molecule has 0 atom stereocenters. The van der Waals surface area contributed by atoms with Crippen LogP contribution in [-0.2, 0) is 0 Å². The molecular weight excluding hydrogens is 256 g/mol. The van der Waals surface area contributed by atoms with E-state index in [2.05, 4.69) is 44.7 Å². The van der Waals surface area contributed by atoms with Crippen molar-refractivity contribution >= 4 is 0 Å². The third kappa shape index (κ3) is 4.96. The summed E-state index contributed by atoms with van der Waals surface area (Å²) < 4.78 is 0. The molecule has 124 valence electrons. The fourth-order valence-corrected chi connectivity index (χ4v) is 4.46. The van der Waals surface area contributed by atoms with Crippen LogP contribution >= 0.6 is 0 Å². The van der Waals surface area contributed by atoms with Gasteiger partial charge in [-0.25, -0.2) is 0 Å². The number of nitrogens with zero attached hydrogens (tertiary/aromatic N) is 2. The van der Waals surface area contributed by atoms with Crippen LogP contribution in [0.1, 0.15) is 65.7 Å². The number of hydrogen-bond acceptors (Lipinski definition) is 2. The summed E-state index contributed by atoms with van der Waals surface area (Å²) in [5.74, 6) is 0.959. The smallest absolute Gasteiger partial charge is 0.000654 e. The van der Waals surface area contributed by atoms with E-state index in [9.17, 15) is 0 Å². The molecular formula is C19H38N2. The SMILES string of the molecule is CN(C)CCCN1CCC2(CCC(C(C)(C)C)CC2)CC1. The highest BCUT2D eigenvalue weighted by Crippen LogP contribution is 2.50. The Morgan fingerprint density at radius 1 is 1.00 bits per heavy atom. The van der Waals surface area contributed by atoms with E-state index in [1.54, 1.807) is 0 Å². The Labute approximate surface area is 133 Å². The topological polar surface area (TPSA) is 6.48 Å². The van der Waals surface area contributed by atoms with Gasteiger partial charge in [-0.3, -0.25) is 0 Å². The Bertz CT molecular complexity index is 298. The van der Waals surface area contributed by atoms with Crippen molar-refractivity contribution in [2.75, 3.05) is 40.3 Å². The van der Waals surface area contributed by atoms with Gasteiger partial charge < -0.3 is 9.80 Å². The number of rotatable bonds is 4. The molecule has 2 heteroatoms. The Kier molecular flexibility index (Phi) is 5.76. The van der Waals surface area contributed by atoms with Gasteiger partial charge in [0.25, 0.3) is 0 Å². The number of piperidine rings is 1. The van der Waals surface area contributed by atoms with E-state index < -0.39 is 0 Å². The highest BCUT2D eigenvalue weighted by atomic mass is 15.1. The molecule has 2 rings (SSSR count). The molecule has 0 aromatic carbocycles. The van der Waals surface area contributed by atoms with Gasteiger partial charge in [0.15, 0.2) is 0 Å². The van der Waals surface area contributed by atoms with E-state index in [4.69, 9.17) is 0 Å². The zero-order chi connectivity index (χ0) is 15.5. The van der Waals surface area contributed by atoms with Crippen LogP contribution in [0.2, 0.25) is 0 Å². The van der Waals surface area contributed by atoms with Gasteiger partial charge in [-0.2, -0.15) is 0 Å². The average molecular weight is 295 g/mol. The van der Waals surface area contributed by atoms with Crippen molar-refractivity contribution in [3.8, 4) is 0 Å². The van der Waals surface area contributed by atoms with Crippen LogP contribution in [0, 0.1) is 16.7 Å². The van der Waals surface area contributed by atoms with Gasteiger partial charge in [-0.15, -0.1) is 0 Å². The molecule has 2 nitrogen and oxygen atoms in total. The van der Waals surface area contributed by atoms with E-state index in [-0.39, 0.29) is 0 Å². The molecule has 0 aromatic heterocycles. The molecule has 21 heavy (non-hydrogen) atoms. The van der Waals surface area contributed by atoms with E-state index in [1.807, 2.05) is 0 Å². The number of likely N-dealkylation sites (tertiary alicyclic amines) is 1. The first-order chi connectivity index (χ1) is 9.81. The summed E-state index contributed by atoms with van der Waals surface area (Å²) in [5, 5.41) is 0. The third-order valence-electron chi connectivity index (χ3n) is 6.27. The monoisotopic (exact) mass is 294 g/mol. The summed E-state index contributed by atoms with van der Waals surface area (Å²) in [4.78, 5) is 5.02. The predicted octanol–water partition coefficient (Wildman–Crippen LogP) is 4.26. The molecule has 1 aliphatic carbocycles. The summed E-state index contributed by atoms with van der Waals surface area (Å²) in [6.07, 6.45) is 10.2. The number of hydrogen-bond donors (Lipinski definition) is 0. The van der Waals surface area contributed by atoms with Gasteiger partial charge in [0, 0.05) is 0 Å². The fourth-order valence-electron chi connectivity index (χ4n) is 4.46. The summed E-state index contributed by atoms with van der Waals surface area (Å²) in [6, 6.07) is 0. The molecule has 0 N–H and O–H groups in total. The molecule has 0 radical (unpaired) electrons. The second-order valence-electron chi connectivity index (χ2n) is 9.14. The Morgan fingerprint density at radius 3 is 2.05 bits per heavy atom. The molecule has 1 saturated heterocycles. The van der Waals surface area contributed by atoms with Crippen LogP contribution < -0.4 is 0 Å². The first kappa shape index (κ1) is 17.3. The Hall–Kier alpha value is -0.0800. The summed E-state index contributed by atoms with van der Waals surface area (Å²) >= 11 is 0. The maximum absolute atomic E-state index is 2.71. The standard InChI is InChI=1S/C19H38N2/c1-18(2,3)17-7-9-19(10-8-17)11-15-21(16-12-19)14-6-13-20(4)5/h17H,6-16H2,1-5H3. The molecule has 0 unspecified atom stereocenters. The first-order valence-corrected chi connectivity index (χ1v) is 9.18. The highest BCUT2D eigenvalue weighted by Gasteiger charge is 2.40. The quantitative estimate of drug-likeness (QED) is 0.764. The average Bonchev–Trinajstić information content (AvgIpc) is 2.40. The van der Waals surface area contributed by atoms with Crippen LogP contribution in [0.4, 0.5) is 0 Å². The summed E-state index contributed by atoms with van der Waals surface area (Å²) in [7, 11) is 4.36. The van der Waals surface area contributed by atoms with Crippen LogP contribution in [0.5, 0.6) is 0 Å². The van der Waals surface area contributed by atoms with E-state index in [0.717, 1.165) is 11.3 Å². The minimum atomic E-state index is 0.522. The van der Waals surface area contributed by atoms with Gasteiger partial charge in [0.05, 0.1) is 0 Å². The minimum absolute atomic E-state index is 0.522. The highest BCUT2D eigenvalue weighted by molar-refractivity contribution is 4.92.